The van der Waals surface area contributed by atoms with E-state index < -0.39 is 0 Å². The zero-order valence-corrected chi connectivity index (χ0v) is 16.1. The average Bonchev–Trinajstić information content (AvgIpc) is 3.43. The molecule has 142 valence electrons. The minimum absolute atomic E-state index is 0.0919. The van der Waals surface area contributed by atoms with Crippen molar-refractivity contribution in [3.63, 3.8) is 0 Å². The monoisotopic (exact) mass is 386 g/mol. The summed E-state index contributed by atoms with van der Waals surface area (Å²) in [6.45, 7) is 4.35. The maximum Gasteiger partial charge on any atom is 0.228 e. The fourth-order valence-electron chi connectivity index (χ4n) is 2.82. The SMILES string of the molecule is CC(C)Oc1ccc(NC(=O)C2CC2C(=O)NCc2ccc(Cl)cc2)cc1. The van der Waals surface area contributed by atoms with Crippen LogP contribution in [0.25, 0.3) is 0 Å². The van der Waals surface area contributed by atoms with Gasteiger partial charge in [0.2, 0.25) is 11.8 Å². The van der Waals surface area contributed by atoms with Crippen molar-refractivity contribution in [2.45, 2.75) is 32.9 Å². The molecule has 0 heterocycles. The van der Waals surface area contributed by atoms with E-state index in [9.17, 15) is 9.59 Å². The van der Waals surface area contributed by atoms with Crippen molar-refractivity contribution < 1.29 is 14.3 Å². The number of halogens is 1. The summed E-state index contributed by atoms with van der Waals surface area (Å²) in [5, 5.41) is 6.40. The molecule has 2 unspecified atom stereocenters. The van der Waals surface area contributed by atoms with E-state index in [1.54, 1.807) is 24.3 Å². The Balaban J connectivity index is 1.45. The van der Waals surface area contributed by atoms with Crippen LogP contribution in [-0.2, 0) is 16.1 Å². The molecule has 2 aromatic rings. The molecule has 0 saturated heterocycles. The summed E-state index contributed by atoms with van der Waals surface area (Å²) in [6, 6.07) is 14.5. The lowest BCUT2D eigenvalue weighted by atomic mass is 10.2. The van der Waals surface area contributed by atoms with Crippen LogP contribution >= 0.6 is 11.6 Å². The second-order valence-corrected chi connectivity index (χ2v) is 7.41. The molecule has 0 aliphatic heterocycles. The van der Waals surface area contributed by atoms with Crippen molar-refractivity contribution in [1.82, 2.24) is 5.32 Å². The normalized spacial score (nSPS) is 18.1. The van der Waals surface area contributed by atoms with E-state index in [4.69, 9.17) is 16.3 Å². The van der Waals surface area contributed by atoms with E-state index in [1.165, 1.54) is 0 Å². The van der Waals surface area contributed by atoms with Crippen LogP contribution in [0.1, 0.15) is 25.8 Å². The topological polar surface area (TPSA) is 67.4 Å². The molecule has 0 bridgehead atoms. The Hall–Kier alpha value is -2.53. The number of amides is 2. The van der Waals surface area contributed by atoms with Crippen LogP contribution in [0.3, 0.4) is 0 Å². The second kappa shape index (κ2) is 8.44. The first kappa shape index (κ1) is 19.2. The highest BCUT2D eigenvalue weighted by Crippen LogP contribution is 2.39. The lowest BCUT2D eigenvalue weighted by Crippen LogP contribution is -2.27. The van der Waals surface area contributed by atoms with E-state index in [1.807, 2.05) is 38.1 Å². The minimum atomic E-state index is -0.276. The molecular formula is C21H23ClN2O3. The quantitative estimate of drug-likeness (QED) is 0.755. The van der Waals surface area contributed by atoms with Crippen LogP contribution in [0, 0.1) is 11.8 Å². The lowest BCUT2D eigenvalue weighted by Gasteiger charge is -2.10. The molecule has 5 nitrogen and oxygen atoms in total. The zero-order chi connectivity index (χ0) is 19.4. The highest BCUT2D eigenvalue weighted by Gasteiger charge is 2.47. The number of rotatable bonds is 7. The number of ether oxygens (including phenoxy) is 1. The number of hydrogen-bond acceptors (Lipinski definition) is 3. The van der Waals surface area contributed by atoms with Gasteiger partial charge in [0.15, 0.2) is 0 Å². The van der Waals surface area contributed by atoms with E-state index >= 15 is 0 Å². The summed E-state index contributed by atoms with van der Waals surface area (Å²) in [5.74, 6) is 0.00137. The average molecular weight is 387 g/mol. The number of carbonyl (C=O) groups is 2. The number of nitrogens with one attached hydrogen (secondary N) is 2. The van der Waals surface area contributed by atoms with Gasteiger partial charge in [-0.3, -0.25) is 9.59 Å². The summed E-state index contributed by atoms with van der Waals surface area (Å²) >= 11 is 5.85. The van der Waals surface area contributed by atoms with Crippen molar-refractivity contribution in [1.29, 1.82) is 0 Å². The summed E-state index contributed by atoms with van der Waals surface area (Å²) in [5.41, 5.74) is 1.67. The van der Waals surface area contributed by atoms with Gasteiger partial charge in [0.25, 0.3) is 0 Å². The van der Waals surface area contributed by atoms with Crippen LogP contribution in [0.15, 0.2) is 48.5 Å². The van der Waals surface area contributed by atoms with Gasteiger partial charge >= 0.3 is 0 Å². The number of benzene rings is 2. The standard InChI is InChI=1S/C21H23ClN2O3/c1-13(2)27-17-9-7-16(8-10-17)24-21(26)19-11-18(19)20(25)23-12-14-3-5-15(22)6-4-14/h3-10,13,18-19H,11-12H2,1-2H3,(H,23,25)(H,24,26). The fourth-order valence-corrected chi connectivity index (χ4v) is 2.95. The molecule has 6 heteroatoms. The summed E-state index contributed by atoms with van der Waals surface area (Å²) < 4.78 is 5.58. The molecule has 0 radical (unpaired) electrons. The molecule has 0 spiro atoms. The van der Waals surface area contributed by atoms with Gasteiger partial charge in [-0.2, -0.15) is 0 Å². The van der Waals surface area contributed by atoms with Gasteiger partial charge in [-0.1, -0.05) is 23.7 Å². The highest BCUT2D eigenvalue weighted by molar-refractivity contribution is 6.30. The molecule has 1 aliphatic carbocycles. The largest absolute Gasteiger partial charge is 0.491 e. The van der Waals surface area contributed by atoms with Gasteiger partial charge in [-0.05, 0) is 62.2 Å². The van der Waals surface area contributed by atoms with E-state index in [2.05, 4.69) is 10.6 Å². The molecule has 1 aliphatic rings. The first-order chi connectivity index (χ1) is 12.9. The summed E-state index contributed by atoms with van der Waals surface area (Å²) in [4.78, 5) is 24.6. The molecule has 1 saturated carbocycles. The molecule has 3 rings (SSSR count). The Kier molecular flexibility index (Phi) is 6.01. The third kappa shape index (κ3) is 5.47. The van der Waals surface area contributed by atoms with Crippen LogP contribution in [0.2, 0.25) is 5.02 Å². The number of anilines is 1. The predicted octanol–water partition coefficient (Wildman–Crippen LogP) is 4.02. The highest BCUT2D eigenvalue weighted by atomic mass is 35.5. The van der Waals surface area contributed by atoms with Gasteiger partial charge in [0.1, 0.15) is 5.75 Å². The molecule has 1 fully saturated rings. The van der Waals surface area contributed by atoms with Crippen molar-refractivity contribution >= 4 is 29.1 Å². The molecule has 2 atom stereocenters. The van der Waals surface area contributed by atoms with Crippen LogP contribution < -0.4 is 15.4 Å². The van der Waals surface area contributed by atoms with Crippen molar-refractivity contribution in [3.05, 3.63) is 59.1 Å². The van der Waals surface area contributed by atoms with Crippen LogP contribution in [-0.4, -0.2) is 17.9 Å². The van der Waals surface area contributed by atoms with Gasteiger partial charge in [0, 0.05) is 17.3 Å². The van der Waals surface area contributed by atoms with Gasteiger partial charge in [-0.25, -0.2) is 0 Å². The Morgan fingerprint density at radius 3 is 2.30 bits per heavy atom. The Morgan fingerprint density at radius 1 is 1.04 bits per heavy atom. The lowest BCUT2D eigenvalue weighted by molar-refractivity contribution is -0.125. The smallest absolute Gasteiger partial charge is 0.228 e. The van der Waals surface area contributed by atoms with E-state index in [-0.39, 0.29) is 29.8 Å². The second-order valence-electron chi connectivity index (χ2n) is 6.97. The molecule has 27 heavy (non-hydrogen) atoms. The molecule has 2 amide bonds. The van der Waals surface area contributed by atoms with Crippen LogP contribution in [0.4, 0.5) is 5.69 Å². The molecule has 0 aromatic heterocycles. The van der Waals surface area contributed by atoms with Crippen molar-refractivity contribution in [3.8, 4) is 5.75 Å². The van der Waals surface area contributed by atoms with E-state index in [0.29, 0.717) is 23.7 Å². The number of hydrogen-bond donors (Lipinski definition) is 2. The third-order valence-corrected chi connectivity index (χ3v) is 4.59. The fraction of sp³-hybridized carbons (Fsp3) is 0.333. The predicted molar refractivity (Wildman–Crippen MR) is 106 cm³/mol. The Bertz CT molecular complexity index is 803. The molecular weight excluding hydrogens is 364 g/mol. The van der Waals surface area contributed by atoms with E-state index in [0.717, 1.165) is 11.3 Å². The minimum Gasteiger partial charge on any atom is -0.491 e. The molecule has 2 aromatic carbocycles. The van der Waals surface area contributed by atoms with Gasteiger partial charge in [0.05, 0.1) is 17.9 Å². The third-order valence-electron chi connectivity index (χ3n) is 4.34. The summed E-state index contributed by atoms with van der Waals surface area (Å²) in [7, 11) is 0. The number of carbonyl (C=O) groups excluding carboxylic acids is 2. The zero-order valence-electron chi connectivity index (χ0n) is 15.4. The maximum atomic E-state index is 12.3. The van der Waals surface area contributed by atoms with Crippen molar-refractivity contribution in [2.24, 2.45) is 11.8 Å². The Labute approximate surface area is 164 Å². The van der Waals surface area contributed by atoms with Crippen LogP contribution in [0.5, 0.6) is 5.75 Å². The van der Waals surface area contributed by atoms with Gasteiger partial charge < -0.3 is 15.4 Å². The Morgan fingerprint density at radius 2 is 1.67 bits per heavy atom. The first-order valence-corrected chi connectivity index (χ1v) is 9.40. The first-order valence-electron chi connectivity index (χ1n) is 9.02. The summed E-state index contributed by atoms with van der Waals surface area (Å²) in [6.07, 6.45) is 0.677. The maximum absolute atomic E-state index is 12.3. The molecule has 2 N–H and O–H groups in total. The van der Waals surface area contributed by atoms with Crippen molar-refractivity contribution in [2.75, 3.05) is 5.32 Å². The van der Waals surface area contributed by atoms with Gasteiger partial charge in [-0.15, -0.1) is 0 Å².